The summed E-state index contributed by atoms with van der Waals surface area (Å²) in [6.45, 7) is 2.79. The quantitative estimate of drug-likeness (QED) is 0.174. The zero-order valence-electron chi connectivity index (χ0n) is 20.8. The van der Waals surface area contributed by atoms with Crippen LogP contribution in [0.15, 0.2) is 119 Å². The molecule has 4 aromatic rings. The molecule has 0 unspecified atom stereocenters. The van der Waals surface area contributed by atoms with Crippen LogP contribution in [0.25, 0.3) is 0 Å². The van der Waals surface area contributed by atoms with E-state index in [2.05, 4.69) is 20.6 Å². The molecule has 0 fully saturated rings. The van der Waals surface area contributed by atoms with Gasteiger partial charge in [-0.15, -0.1) is 11.5 Å². The molecule has 4 aromatic carbocycles. The average molecular weight is 544 g/mol. The van der Waals surface area contributed by atoms with Crippen LogP contribution < -0.4 is 20.8 Å². The Morgan fingerprint density at radius 3 is 1.24 bits per heavy atom. The number of nitrogens with zero attached hydrogens (tertiary/aromatic N) is 2. The molecule has 4 rings (SSSR count). The predicted octanol–water partition coefficient (Wildman–Crippen LogP) is 4.58. The second-order valence-electron chi connectivity index (χ2n) is 7.73. The van der Waals surface area contributed by atoms with Crippen molar-refractivity contribution in [2.75, 3.05) is 36.8 Å². The van der Waals surface area contributed by atoms with Gasteiger partial charge in [0.2, 0.25) is 0 Å². The van der Waals surface area contributed by atoms with E-state index in [4.69, 9.17) is 0 Å². The van der Waals surface area contributed by atoms with Crippen molar-refractivity contribution in [3.63, 3.8) is 0 Å². The second kappa shape index (κ2) is 17.5. The smallest absolute Gasteiger partial charge is 0.872 e. The molecule has 0 aliphatic heterocycles. The van der Waals surface area contributed by atoms with Gasteiger partial charge >= 0.3 is 19.5 Å². The van der Waals surface area contributed by atoms with E-state index in [-0.39, 0.29) is 31.0 Å². The van der Waals surface area contributed by atoms with E-state index in [1.54, 1.807) is 48.8 Å². The van der Waals surface area contributed by atoms with E-state index in [0.717, 1.165) is 24.5 Å². The SMILES string of the molecule is [O-]c1ccccc1C=NCCNc1ccccc1.[O-]c1ccccc1C=NCCNc1ccccc1.[Zn+2]. The molecular weight excluding hydrogens is 514 g/mol. The van der Waals surface area contributed by atoms with Crippen molar-refractivity contribution in [1.29, 1.82) is 0 Å². The summed E-state index contributed by atoms with van der Waals surface area (Å²) in [5.41, 5.74) is 3.43. The van der Waals surface area contributed by atoms with Crippen LogP contribution in [-0.4, -0.2) is 38.6 Å². The molecule has 2 N–H and O–H groups in total. The van der Waals surface area contributed by atoms with E-state index >= 15 is 0 Å². The Morgan fingerprint density at radius 2 is 0.865 bits per heavy atom. The van der Waals surface area contributed by atoms with Crippen molar-refractivity contribution in [3.05, 3.63) is 120 Å². The van der Waals surface area contributed by atoms with E-state index in [9.17, 15) is 10.2 Å². The van der Waals surface area contributed by atoms with Crippen LogP contribution in [0.3, 0.4) is 0 Å². The van der Waals surface area contributed by atoms with Crippen LogP contribution in [0, 0.1) is 0 Å². The fourth-order valence-electron chi connectivity index (χ4n) is 3.14. The van der Waals surface area contributed by atoms with Gasteiger partial charge in [0.05, 0.1) is 13.1 Å². The van der Waals surface area contributed by atoms with Gasteiger partial charge in [-0.1, -0.05) is 84.9 Å². The molecule has 6 nitrogen and oxygen atoms in total. The van der Waals surface area contributed by atoms with E-state index in [1.165, 1.54) is 0 Å². The summed E-state index contributed by atoms with van der Waals surface area (Å²) in [7, 11) is 0. The first kappa shape index (κ1) is 29.3. The Kier molecular flexibility index (Phi) is 13.8. The minimum Gasteiger partial charge on any atom is -0.872 e. The van der Waals surface area contributed by atoms with E-state index in [1.807, 2.05) is 72.8 Å². The van der Waals surface area contributed by atoms with Gasteiger partial charge < -0.3 is 20.8 Å². The molecule has 0 aromatic heterocycles. The largest absolute Gasteiger partial charge is 2.00 e. The third kappa shape index (κ3) is 11.5. The van der Waals surface area contributed by atoms with Gasteiger partial charge in [-0.05, 0) is 35.4 Å². The van der Waals surface area contributed by atoms with E-state index < -0.39 is 0 Å². The van der Waals surface area contributed by atoms with Crippen LogP contribution in [-0.2, 0) is 19.5 Å². The standard InChI is InChI=1S/2C15H16N2O.Zn/c2*18-15-9-5-4-6-13(15)12-16-10-11-17-14-7-2-1-3-8-14;/h2*1-9,12,17-18H,10-11H2;/q;;+2/p-2. The third-order valence-corrected chi connectivity index (χ3v) is 4.99. The van der Waals surface area contributed by atoms with Crippen molar-refractivity contribution in [1.82, 2.24) is 0 Å². The number of benzene rings is 4. The summed E-state index contributed by atoms with van der Waals surface area (Å²) < 4.78 is 0. The topological polar surface area (TPSA) is 94.9 Å². The minimum atomic E-state index is 0. The Bertz CT molecular complexity index is 1120. The average Bonchev–Trinajstić information content (AvgIpc) is 2.92. The fraction of sp³-hybridized carbons (Fsp3) is 0.133. The maximum atomic E-state index is 11.4. The van der Waals surface area contributed by atoms with Crippen LogP contribution in [0.1, 0.15) is 11.1 Å². The number of aliphatic imine (C=N–C) groups is 2. The normalized spacial score (nSPS) is 10.4. The van der Waals surface area contributed by atoms with E-state index in [0.29, 0.717) is 24.2 Å². The zero-order valence-corrected chi connectivity index (χ0v) is 23.8. The molecule has 0 saturated carbocycles. The monoisotopic (exact) mass is 542 g/mol. The van der Waals surface area contributed by atoms with Gasteiger partial charge in [0.1, 0.15) is 0 Å². The summed E-state index contributed by atoms with van der Waals surface area (Å²) in [6, 6.07) is 33.7. The van der Waals surface area contributed by atoms with Crippen molar-refractivity contribution in [3.8, 4) is 11.5 Å². The molecule has 0 radical (unpaired) electrons. The molecule has 0 spiro atoms. The summed E-state index contributed by atoms with van der Waals surface area (Å²) >= 11 is 0. The van der Waals surface area contributed by atoms with Gasteiger partial charge in [-0.25, -0.2) is 0 Å². The van der Waals surface area contributed by atoms with Crippen molar-refractivity contribution < 1.29 is 29.7 Å². The van der Waals surface area contributed by atoms with Gasteiger partial charge in [-0.3, -0.25) is 9.98 Å². The van der Waals surface area contributed by atoms with Gasteiger partial charge in [0, 0.05) is 36.9 Å². The fourth-order valence-corrected chi connectivity index (χ4v) is 3.14. The first-order chi connectivity index (χ1) is 17.7. The van der Waals surface area contributed by atoms with Crippen LogP contribution in [0.5, 0.6) is 11.5 Å². The Hall–Kier alpha value is -3.96. The summed E-state index contributed by atoms with van der Waals surface area (Å²) in [5, 5.41) is 29.3. The first-order valence-corrected chi connectivity index (χ1v) is 11.8. The van der Waals surface area contributed by atoms with Crippen molar-refractivity contribution in [2.24, 2.45) is 9.98 Å². The zero-order chi connectivity index (χ0) is 25.3. The molecule has 0 atom stereocenters. The Morgan fingerprint density at radius 1 is 0.514 bits per heavy atom. The molecular formula is C30H30N4O2Zn. The van der Waals surface area contributed by atoms with Crippen LogP contribution in [0.2, 0.25) is 0 Å². The van der Waals surface area contributed by atoms with Gasteiger partial charge in [0.25, 0.3) is 0 Å². The predicted molar refractivity (Wildman–Crippen MR) is 147 cm³/mol. The molecule has 37 heavy (non-hydrogen) atoms. The maximum Gasteiger partial charge on any atom is 2.00 e. The molecule has 0 aliphatic carbocycles. The second-order valence-corrected chi connectivity index (χ2v) is 7.73. The maximum absolute atomic E-state index is 11.4. The summed E-state index contributed by atoms with van der Waals surface area (Å²) in [5.74, 6) is 0.0227. The molecule has 0 heterocycles. The van der Waals surface area contributed by atoms with Gasteiger partial charge in [0.15, 0.2) is 0 Å². The Balaban J connectivity index is 0.000000253. The summed E-state index contributed by atoms with van der Waals surface area (Å²) in [4.78, 5) is 8.46. The number of hydrogen-bond acceptors (Lipinski definition) is 6. The molecule has 0 bridgehead atoms. The number of anilines is 2. The molecule has 7 heteroatoms. The molecule has 184 valence electrons. The number of para-hydroxylation sites is 4. The van der Waals surface area contributed by atoms with Crippen molar-refractivity contribution >= 4 is 23.8 Å². The Labute approximate surface area is 231 Å². The van der Waals surface area contributed by atoms with Crippen LogP contribution in [0.4, 0.5) is 11.4 Å². The van der Waals surface area contributed by atoms with Crippen molar-refractivity contribution in [2.45, 2.75) is 0 Å². The first-order valence-electron chi connectivity index (χ1n) is 11.8. The molecule has 0 aliphatic rings. The van der Waals surface area contributed by atoms with Crippen LogP contribution >= 0.6 is 0 Å². The molecule has 0 amide bonds. The van der Waals surface area contributed by atoms with Gasteiger partial charge in [-0.2, -0.15) is 0 Å². The number of nitrogens with one attached hydrogen (secondary N) is 2. The molecule has 0 saturated heterocycles. The third-order valence-electron chi connectivity index (χ3n) is 4.99. The summed E-state index contributed by atoms with van der Waals surface area (Å²) in [6.07, 6.45) is 3.27. The number of hydrogen-bond donors (Lipinski definition) is 2. The number of rotatable bonds is 10. The minimum absolute atomic E-state index is 0.